The molecular formula is C11H11FO2S. The van der Waals surface area contributed by atoms with E-state index in [-0.39, 0.29) is 11.1 Å². The van der Waals surface area contributed by atoms with Crippen LogP contribution < -0.4 is 0 Å². The summed E-state index contributed by atoms with van der Waals surface area (Å²) in [5.41, 5.74) is 0.667. The highest BCUT2D eigenvalue weighted by Crippen LogP contribution is 2.41. The van der Waals surface area contributed by atoms with Gasteiger partial charge >= 0.3 is 5.97 Å². The van der Waals surface area contributed by atoms with E-state index >= 15 is 0 Å². The highest BCUT2D eigenvalue weighted by molar-refractivity contribution is 8.00. The SMILES string of the molecule is CC(C(=O)O)C1Cc2c(F)cccc2S1. The van der Waals surface area contributed by atoms with E-state index in [0.717, 1.165) is 4.90 Å². The van der Waals surface area contributed by atoms with Crippen molar-refractivity contribution in [1.29, 1.82) is 0 Å². The van der Waals surface area contributed by atoms with Crippen molar-refractivity contribution in [3.05, 3.63) is 29.6 Å². The van der Waals surface area contributed by atoms with Crippen molar-refractivity contribution in [3.63, 3.8) is 0 Å². The lowest BCUT2D eigenvalue weighted by Crippen LogP contribution is -2.22. The van der Waals surface area contributed by atoms with Crippen LogP contribution in [0.5, 0.6) is 0 Å². The smallest absolute Gasteiger partial charge is 0.307 e. The first-order chi connectivity index (χ1) is 7.09. The van der Waals surface area contributed by atoms with Gasteiger partial charge < -0.3 is 5.11 Å². The molecule has 1 aromatic carbocycles. The normalized spacial score (nSPS) is 21.1. The average Bonchev–Trinajstić information content (AvgIpc) is 2.61. The molecule has 80 valence electrons. The van der Waals surface area contributed by atoms with Crippen LogP contribution in [0, 0.1) is 11.7 Å². The number of thioether (sulfide) groups is 1. The summed E-state index contributed by atoms with van der Waals surface area (Å²) < 4.78 is 13.4. The summed E-state index contributed by atoms with van der Waals surface area (Å²) in [5.74, 6) is -1.48. The number of halogens is 1. The third-order valence-corrected chi connectivity index (χ3v) is 4.22. The minimum atomic E-state index is -0.819. The van der Waals surface area contributed by atoms with Gasteiger partial charge in [0.25, 0.3) is 0 Å². The molecule has 1 aliphatic heterocycles. The number of carboxylic acid groups (broad SMARTS) is 1. The van der Waals surface area contributed by atoms with Crippen molar-refractivity contribution >= 4 is 17.7 Å². The van der Waals surface area contributed by atoms with Crippen LogP contribution in [0.15, 0.2) is 23.1 Å². The molecule has 0 radical (unpaired) electrons. The second-order valence-electron chi connectivity index (χ2n) is 3.70. The van der Waals surface area contributed by atoms with Crippen molar-refractivity contribution in [2.45, 2.75) is 23.5 Å². The van der Waals surface area contributed by atoms with E-state index in [0.29, 0.717) is 12.0 Å². The van der Waals surface area contributed by atoms with Crippen molar-refractivity contribution in [2.24, 2.45) is 5.92 Å². The Balaban J connectivity index is 2.23. The molecule has 2 nitrogen and oxygen atoms in total. The maximum absolute atomic E-state index is 13.4. The standard InChI is InChI=1S/C11H11FO2S/c1-6(11(13)14)10-5-7-8(12)3-2-4-9(7)15-10/h2-4,6,10H,5H2,1H3,(H,13,14). The Morgan fingerprint density at radius 2 is 2.40 bits per heavy atom. The zero-order chi connectivity index (χ0) is 11.0. The number of hydrogen-bond acceptors (Lipinski definition) is 2. The fourth-order valence-electron chi connectivity index (χ4n) is 1.69. The van der Waals surface area contributed by atoms with Crippen molar-refractivity contribution in [1.82, 2.24) is 0 Å². The molecule has 0 bridgehead atoms. The Morgan fingerprint density at radius 1 is 1.67 bits per heavy atom. The van der Waals surface area contributed by atoms with E-state index in [1.807, 2.05) is 6.07 Å². The molecule has 1 N–H and O–H groups in total. The number of aliphatic carboxylic acids is 1. The maximum atomic E-state index is 13.4. The molecule has 1 heterocycles. The molecule has 2 atom stereocenters. The van der Waals surface area contributed by atoms with E-state index in [2.05, 4.69) is 0 Å². The van der Waals surface area contributed by atoms with Crippen LogP contribution in [0.25, 0.3) is 0 Å². The van der Waals surface area contributed by atoms with Gasteiger partial charge in [-0.05, 0) is 18.6 Å². The Morgan fingerprint density at radius 3 is 3.00 bits per heavy atom. The molecule has 1 aromatic rings. The van der Waals surface area contributed by atoms with Gasteiger partial charge in [-0.2, -0.15) is 0 Å². The number of carbonyl (C=O) groups is 1. The van der Waals surface area contributed by atoms with Crippen LogP contribution in [0.4, 0.5) is 4.39 Å². The molecular weight excluding hydrogens is 215 g/mol. The van der Waals surface area contributed by atoms with Gasteiger partial charge in [0, 0.05) is 15.7 Å². The molecule has 4 heteroatoms. The molecule has 1 aliphatic rings. The van der Waals surface area contributed by atoms with Gasteiger partial charge in [0.1, 0.15) is 5.82 Å². The second kappa shape index (κ2) is 3.85. The fraction of sp³-hybridized carbons (Fsp3) is 0.364. The Hall–Kier alpha value is -1.03. The van der Waals surface area contributed by atoms with E-state index in [1.165, 1.54) is 17.8 Å². The molecule has 0 saturated heterocycles. The fourth-order valence-corrected chi connectivity index (χ4v) is 3.07. The third kappa shape index (κ3) is 1.86. The highest BCUT2D eigenvalue weighted by atomic mass is 32.2. The largest absolute Gasteiger partial charge is 0.481 e. The number of benzene rings is 1. The van der Waals surface area contributed by atoms with E-state index in [4.69, 9.17) is 5.11 Å². The summed E-state index contributed by atoms with van der Waals surface area (Å²) in [5, 5.41) is 8.84. The second-order valence-corrected chi connectivity index (χ2v) is 4.98. The van der Waals surface area contributed by atoms with E-state index in [1.54, 1.807) is 13.0 Å². The topological polar surface area (TPSA) is 37.3 Å². The maximum Gasteiger partial charge on any atom is 0.307 e. The van der Waals surface area contributed by atoms with Crippen LogP contribution in [-0.2, 0) is 11.2 Å². The number of hydrogen-bond donors (Lipinski definition) is 1. The zero-order valence-electron chi connectivity index (χ0n) is 8.24. The minimum absolute atomic E-state index is 0.0469. The molecule has 0 amide bonds. The lowest BCUT2D eigenvalue weighted by atomic mass is 10.0. The molecule has 15 heavy (non-hydrogen) atoms. The number of fused-ring (bicyclic) bond motifs is 1. The molecule has 0 fully saturated rings. The monoisotopic (exact) mass is 226 g/mol. The average molecular weight is 226 g/mol. The summed E-state index contributed by atoms with van der Waals surface area (Å²) in [6.45, 7) is 1.67. The first-order valence-corrected chi connectivity index (χ1v) is 5.64. The molecule has 2 rings (SSSR count). The first-order valence-electron chi connectivity index (χ1n) is 4.76. The molecule has 0 spiro atoms. The summed E-state index contributed by atoms with van der Waals surface area (Å²) in [7, 11) is 0. The van der Waals surface area contributed by atoms with Gasteiger partial charge in [0.2, 0.25) is 0 Å². The molecule has 0 saturated carbocycles. The van der Waals surface area contributed by atoms with Gasteiger partial charge in [-0.25, -0.2) is 4.39 Å². The minimum Gasteiger partial charge on any atom is -0.481 e. The van der Waals surface area contributed by atoms with Crippen LogP contribution in [-0.4, -0.2) is 16.3 Å². The first kappa shape index (κ1) is 10.5. The predicted octanol–water partition coefficient (Wildman–Crippen LogP) is 2.56. The van der Waals surface area contributed by atoms with E-state index < -0.39 is 11.9 Å². The molecule has 0 aliphatic carbocycles. The zero-order valence-corrected chi connectivity index (χ0v) is 9.05. The predicted molar refractivity (Wildman–Crippen MR) is 56.5 cm³/mol. The van der Waals surface area contributed by atoms with Crippen LogP contribution in [0.3, 0.4) is 0 Å². The van der Waals surface area contributed by atoms with Gasteiger partial charge in [-0.15, -0.1) is 11.8 Å². The summed E-state index contributed by atoms with van der Waals surface area (Å²) in [4.78, 5) is 11.7. The summed E-state index contributed by atoms with van der Waals surface area (Å²) in [6.07, 6.45) is 0.514. The Kier molecular flexibility index (Phi) is 2.69. The Bertz CT molecular complexity index is 406. The van der Waals surface area contributed by atoms with Gasteiger partial charge in [0.05, 0.1) is 5.92 Å². The van der Waals surface area contributed by atoms with Gasteiger partial charge in [-0.1, -0.05) is 13.0 Å². The number of rotatable bonds is 2. The van der Waals surface area contributed by atoms with Crippen molar-refractivity contribution in [3.8, 4) is 0 Å². The van der Waals surface area contributed by atoms with Crippen molar-refractivity contribution in [2.75, 3.05) is 0 Å². The summed E-state index contributed by atoms with van der Waals surface area (Å²) >= 11 is 1.47. The highest BCUT2D eigenvalue weighted by Gasteiger charge is 2.32. The third-order valence-electron chi connectivity index (χ3n) is 2.71. The van der Waals surface area contributed by atoms with E-state index in [9.17, 15) is 9.18 Å². The molecule has 0 aromatic heterocycles. The quantitative estimate of drug-likeness (QED) is 0.842. The van der Waals surface area contributed by atoms with Crippen LogP contribution in [0.2, 0.25) is 0 Å². The number of carboxylic acids is 1. The van der Waals surface area contributed by atoms with Gasteiger partial charge in [0.15, 0.2) is 0 Å². The van der Waals surface area contributed by atoms with Crippen LogP contribution in [0.1, 0.15) is 12.5 Å². The van der Waals surface area contributed by atoms with Gasteiger partial charge in [-0.3, -0.25) is 4.79 Å². The van der Waals surface area contributed by atoms with Crippen molar-refractivity contribution < 1.29 is 14.3 Å². The van der Waals surface area contributed by atoms with Crippen LogP contribution >= 0.6 is 11.8 Å². The Labute approximate surface area is 91.5 Å². The lowest BCUT2D eigenvalue weighted by Gasteiger charge is -2.12. The summed E-state index contributed by atoms with van der Waals surface area (Å²) in [6, 6.07) is 4.93. The molecule has 2 unspecified atom stereocenters. The lowest BCUT2D eigenvalue weighted by molar-refractivity contribution is -0.141.